The van der Waals surface area contributed by atoms with Crippen LogP contribution in [0.5, 0.6) is 5.75 Å². The van der Waals surface area contributed by atoms with Gasteiger partial charge in [-0.25, -0.2) is 4.39 Å². The lowest BCUT2D eigenvalue weighted by molar-refractivity contribution is -0.385. The highest BCUT2D eigenvalue weighted by Gasteiger charge is 2.51. The number of methoxy groups -OCH3 is 1. The molecule has 1 aliphatic rings. The van der Waals surface area contributed by atoms with Crippen LogP contribution in [0.25, 0.3) is 6.08 Å². The van der Waals surface area contributed by atoms with Gasteiger partial charge in [0.05, 0.1) is 17.6 Å². The zero-order valence-electron chi connectivity index (χ0n) is 18.3. The van der Waals surface area contributed by atoms with Crippen molar-refractivity contribution in [3.8, 4) is 5.75 Å². The summed E-state index contributed by atoms with van der Waals surface area (Å²) < 4.78 is 18.6. The van der Waals surface area contributed by atoms with Crippen molar-refractivity contribution in [2.24, 2.45) is 0 Å². The van der Waals surface area contributed by atoms with Crippen LogP contribution in [-0.2, 0) is 16.0 Å². The molecule has 1 unspecified atom stereocenters. The van der Waals surface area contributed by atoms with Crippen molar-refractivity contribution in [2.45, 2.75) is 25.3 Å². The predicted molar refractivity (Wildman–Crippen MR) is 116 cm³/mol. The third kappa shape index (κ3) is 3.81. The first kappa shape index (κ1) is 22.9. The minimum Gasteiger partial charge on any atom is -0.496 e. The van der Waals surface area contributed by atoms with Gasteiger partial charge >= 0.3 is 0 Å². The number of amides is 2. The minimum atomic E-state index is -1.17. The molecule has 0 aromatic heterocycles. The summed E-state index contributed by atoms with van der Waals surface area (Å²) in [5, 5.41) is 11.5. The van der Waals surface area contributed by atoms with Crippen LogP contribution in [-0.4, -0.2) is 53.3 Å². The zero-order chi connectivity index (χ0) is 23.6. The van der Waals surface area contributed by atoms with Gasteiger partial charge in [-0.05, 0) is 36.3 Å². The number of hydrogen-bond acceptors (Lipinski definition) is 5. The third-order valence-electron chi connectivity index (χ3n) is 5.97. The number of nitro groups is 1. The maximum absolute atomic E-state index is 13.5. The van der Waals surface area contributed by atoms with Crippen molar-refractivity contribution in [3.05, 3.63) is 75.2 Å². The number of halogens is 1. The first-order chi connectivity index (χ1) is 15.2. The number of nitrogens with zero attached hydrogens (tertiary/aromatic N) is 3. The molecule has 2 aromatic carbocycles. The summed E-state index contributed by atoms with van der Waals surface area (Å²) in [6, 6.07) is 10.1. The molecule has 1 saturated heterocycles. The summed E-state index contributed by atoms with van der Waals surface area (Å²) in [7, 11) is 4.37. The first-order valence-electron chi connectivity index (χ1n) is 10.00. The van der Waals surface area contributed by atoms with E-state index in [0.717, 1.165) is 0 Å². The molecule has 0 spiro atoms. The normalized spacial score (nSPS) is 20.1. The maximum atomic E-state index is 13.5. The molecule has 1 heterocycles. The van der Waals surface area contributed by atoms with E-state index in [-0.39, 0.29) is 40.8 Å². The van der Waals surface area contributed by atoms with Gasteiger partial charge in [0, 0.05) is 26.6 Å². The highest BCUT2D eigenvalue weighted by atomic mass is 19.1. The number of benzene rings is 2. The van der Waals surface area contributed by atoms with E-state index in [4.69, 9.17) is 4.74 Å². The molecule has 3 rings (SSSR count). The second kappa shape index (κ2) is 8.78. The van der Waals surface area contributed by atoms with Gasteiger partial charge in [-0.1, -0.05) is 25.1 Å². The van der Waals surface area contributed by atoms with E-state index >= 15 is 0 Å². The Morgan fingerprint density at radius 1 is 1.16 bits per heavy atom. The second-order valence-corrected chi connectivity index (χ2v) is 7.60. The van der Waals surface area contributed by atoms with Crippen LogP contribution >= 0.6 is 0 Å². The summed E-state index contributed by atoms with van der Waals surface area (Å²) in [5.41, 5.74) is -0.616. The fraction of sp³-hybridized carbons (Fsp3) is 0.304. The second-order valence-electron chi connectivity index (χ2n) is 7.60. The van der Waals surface area contributed by atoms with Crippen LogP contribution in [0.2, 0.25) is 0 Å². The monoisotopic (exact) mass is 441 g/mol. The molecule has 2 amide bonds. The Morgan fingerprint density at radius 3 is 2.38 bits per heavy atom. The molecule has 9 heteroatoms. The van der Waals surface area contributed by atoms with Crippen molar-refractivity contribution in [1.82, 2.24) is 9.80 Å². The third-order valence-corrected chi connectivity index (χ3v) is 5.97. The summed E-state index contributed by atoms with van der Waals surface area (Å²) >= 11 is 0. The van der Waals surface area contributed by atoms with E-state index in [1.165, 1.54) is 61.3 Å². The van der Waals surface area contributed by atoms with Crippen molar-refractivity contribution >= 4 is 23.6 Å². The number of hydrogen-bond donors (Lipinski definition) is 0. The molecule has 32 heavy (non-hydrogen) atoms. The first-order valence-corrected chi connectivity index (χ1v) is 10.00. The molecule has 8 nitrogen and oxygen atoms in total. The van der Waals surface area contributed by atoms with Gasteiger partial charge in [0.2, 0.25) is 0 Å². The van der Waals surface area contributed by atoms with Crippen molar-refractivity contribution in [2.75, 3.05) is 21.2 Å². The van der Waals surface area contributed by atoms with Gasteiger partial charge < -0.3 is 14.5 Å². The molecular formula is C23H24FN3O5. The molecule has 0 radical (unpaired) electrons. The minimum absolute atomic E-state index is 0.00622. The average molecular weight is 441 g/mol. The summed E-state index contributed by atoms with van der Waals surface area (Å²) in [6.45, 7) is 1.80. The van der Waals surface area contributed by atoms with Crippen LogP contribution in [0.1, 0.15) is 24.5 Å². The Hall–Kier alpha value is -3.75. The fourth-order valence-electron chi connectivity index (χ4n) is 4.03. The summed E-state index contributed by atoms with van der Waals surface area (Å²) in [5.74, 6) is -0.979. The number of piperazine rings is 1. The van der Waals surface area contributed by atoms with E-state index in [0.29, 0.717) is 12.0 Å². The number of carbonyl (C=O) groups excluding carboxylic acids is 2. The lowest BCUT2D eigenvalue weighted by Gasteiger charge is -2.47. The number of nitro benzene ring substituents is 1. The van der Waals surface area contributed by atoms with Gasteiger partial charge in [-0.3, -0.25) is 19.7 Å². The van der Waals surface area contributed by atoms with E-state index < -0.39 is 16.4 Å². The highest BCUT2D eigenvalue weighted by Crippen LogP contribution is 2.36. The van der Waals surface area contributed by atoms with Gasteiger partial charge in [0.25, 0.3) is 17.5 Å². The lowest BCUT2D eigenvalue weighted by Crippen LogP contribution is -2.65. The molecular weight excluding hydrogens is 417 g/mol. The largest absolute Gasteiger partial charge is 0.496 e. The van der Waals surface area contributed by atoms with Crippen LogP contribution in [0.3, 0.4) is 0 Å². The van der Waals surface area contributed by atoms with Gasteiger partial charge in [-0.2, -0.15) is 0 Å². The van der Waals surface area contributed by atoms with E-state index in [1.54, 1.807) is 25.1 Å². The summed E-state index contributed by atoms with van der Waals surface area (Å²) in [6.07, 6.45) is 1.85. The number of likely N-dealkylation sites (N-methyl/N-ethyl adjacent to an activating group) is 2. The quantitative estimate of drug-likeness (QED) is 0.389. The van der Waals surface area contributed by atoms with E-state index in [1.807, 2.05) is 0 Å². The smallest absolute Gasteiger partial charge is 0.280 e. The van der Waals surface area contributed by atoms with Crippen LogP contribution in [0.15, 0.2) is 48.2 Å². The average Bonchev–Trinajstić information content (AvgIpc) is 2.79. The summed E-state index contributed by atoms with van der Waals surface area (Å²) in [4.78, 5) is 40.5. The van der Waals surface area contributed by atoms with Gasteiger partial charge in [0.1, 0.15) is 22.8 Å². The Bertz CT molecular complexity index is 1100. The topological polar surface area (TPSA) is 93.0 Å². The van der Waals surface area contributed by atoms with Crippen LogP contribution < -0.4 is 4.74 Å². The van der Waals surface area contributed by atoms with Gasteiger partial charge in [0.15, 0.2) is 0 Å². The SMILES string of the molecule is CCC1(Cc2ccc(F)cc2)C(=O)N(C)/C(=C/c2c(OC)cccc2[N+](=O)[O-])C(=O)N1C. The molecule has 0 N–H and O–H groups in total. The lowest BCUT2D eigenvalue weighted by atomic mass is 9.82. The highest BCUT2D eigenvalue weighted by molar-refractivity contribution is 6.09. The number of ether oxygens (including phenoxy) is 1. The predicted octanol–water partition coefficient (Wildman–Crippen LogP) is 3.41. The Morgan fingerprint density at radius 2 is 1.81 bits per heavy atom. The van der Waals surface area contributed by atoms with Crippen molar-refractivity contribution in [1.29, 1.82) is 0 Å². The molecule has 168 valence electrons. The van der Waals surface area contributed by atoms with Gasteiger partial charge in [-0.15, -0.1) is 0 Å². The maximum Gasteiger partial charge on any atom is 0.280 e. The fourth-order valence-corrected chi connectivity index (χ4v) is 4.03. The van der Waals surface area contributed by atoms with E-state index in [2.05, 4.69) is 0 Å². The van der Waals surface area contributed by atoms with E-state index in [9.17, 15) is 24.1 Å². The molecule has 1 aliphatic heterocycles. The van der Waals surface area contributed by atoms with Crippen molar-refractivity contribution in [3.63, 3.8) is 0 Å². The number of carbonyl (C=O) groups is 2. The molecule has 0 saturated carbocycles. The molecule has 1 atom stereocenters. The van der Waals surface area contributed by atoms with Crippen LogP contribution in [0, 0.1) is 15.9 Å². The standard InChI is InChI=1S/C23H24FN3O5/c1-5-23(14-15-9-11-16(24)12-10-15)22(29)25(2)19(21(28)26(23)3)13-17-18(27(30)31)7-6-8-20(17)32-4/h6-13H,5,14H2,1-4H3/b19-13+. The molecule has 0 bridgehead atoms. The Kier molecular flexibility index (Phi) is 6.29. The zero-order valence-corrected chi connectivity index (χ0v) is 18.3. The molecule has 1 fully saturated rings. The number of rotatable bonds is 6. The molecule has 2 aromatic rings. The Labute approximate surface area is 185 Å². The van der Waals surface area contributed by atoms with Crippen LogP contribution in [0.4, 0.5) is 10.1 Å². The Balaban J connectivity index is 2.08. The molecule has 0 aliphatic carbocycles. The van der Waals surface area contributed by atoms with Crippen molar-refractivity contribution < 1.29 is 23.6 Å².